The maximum absolute atomic E-state index is 9.14. The Kier molecular flexibility index (Phi) is 7.30. The van der Waals surface area contributed by atoms with E-state index in [1.54, 1.807) is 6.07 Å². The Bertz CT molecular complexity index is 498. The first kappa shape index (κ1) is 16.7. The van der Waals surface area contributed by atoms with Gasteiger partial charge < -0.3 is 16.2 Å². The van der Waals surface area contributed by atoms with Crippen LogP contribution in [0.15, 0.2) is 40.5 Å². The van der Waals surface area contributed by atoms with Crippen molar-refractivity contribution in [2.75, 3.05) is 19.7 Å². The Balaban J connectivity index is 0.000000956. The SMILES string of the molecule is CC.N/C(CO)=C1/CCNCC1=Nc1cccc(Cl)c1. The van der Waals surface area contributed by atoms with E-state index < -0.39 is 0 Å². The molecule has 20 heavy (non-hydrogen) atoms. The molecule has 1 aromatic rings. The van der Waals surface area contributed by atoms with Crippen molar-refractivity contribution in [3.05, 3.63) is 40.6 Å². The van der Waals surface area contributed by atoms with E-state index in [0.29, 0.717) is 17.3 Å². The quantitative estimate of drug-likeness (QED) is 0.785. The van der Waals surface area contributed by atoms with E-state index in [4.69, 9.17) is 22.4 Å². The molecular weight excluding hydrogens is 274 g/mol. The summed E-state index contributed by atoms with van der Waals surface area (Å²) in [6.45, 7) is 5.37. The molecule has 5 heteroatoms. The number of aliphatic imine (C=N–C) groups is 1. The van der Waals surface area contributed by atoms with Crippen molar-refractivity contribution in [3.8, 4) is 0 Å². The first-order valence-corrected chi connectivity index (χ1v) is 7.21. The molecule has 0 bridgehead atoms. The van der Waals surface area contributed by atoms with Crippen molar-refractivity contribution in [2.45, 2.75) is 20.3 Å². The van der Waals surface area contributed by atoms with Crippen LogP contribution < -0.4 is 11.1 Å². The molecule has 0 radical (unpaired) electrons. The number of piperidine rings is 1. The highest BCUT2D eigenvalue weighted by Crippen LogP contribution is 2.21. The zero-order valence-corrected chi connectivity index (χ0v) is 12.7. The normalized spacial score (nSPS) is 19.3. The maximum atomic E-state index is 9.14. The Labute approximate surface area is 125 Å². The zero-order valence-electron chi connectivity index (χ0n) is 12.0. The van der Waals surface area contributed by atoms with Gasteiger partial charge in [0.1, 0.15) is 0 Å². The van der Waals surface area contributed by atoms with E-state index in [2.05, 4.69) is 10.3 Å². The summed E-state index contributed by atoms with van der Waals surface area (Å²) in [5, 5.41) is 13.0. The summed E-state index contributed by atoms with van der Waals surface area (Å²) in [6.07, 6.45) is 0.784. The average molecular weight is 296 g/mol. The van der Waals surface area contributed by atoms with Gasteiger partial charge in [-0.3, -0.25) is 4.99 Å². The highest BCUT2D eigenvalue weighted by Gasteiger charge is 2.15. The molecule has 1 aliphatic rings. The van der Waals surface area contributed by atoms with Gasteiger partial charge in [-0.05, 0) is 36.7 Å². The molecule has 0 atom stereocenters. The molecule has 0 aliphatic carbocycles. The van der Waals surface area contributed by atoms with Crippen LogP contribution in [-0.2, 0) is 0 Å². The predicted molar refractivity (Wildman–Crippen MR) is 85.7 cm³/mol. The number of nitrogens with one attached hydrogen (secondary N) is 1. The zero-order chi connectivity index (χ0) is 15.0. The van der Waals surface area contributed by atoms with E-state index in [9.17, 15) is 0 Å². The van der Waals surface area contributed by atoms with Crippen LogP contribution in [-0.4, -0.2) is 30.5 Å². The van der Waals surface area contributed by atoms with Gasteiger partial charge in [-0.2, -0.15) is 0 Å². The van der Waals surface area contributed by atoms with Gasteiger partial charge in [0.05, 0.1) is 18.0 Å². The molecule has 1 fully saturated rings. The van der Waals surface area contributed by atoms with Gasteiger partial charge in [0.25, 0.3) is 0 Å². The second kappa shape index (κ2) is 8.74. The molecule has 4 N–H and O–H groups in total. The van der Waals surface area contributed by atoms with E-state index in [0.717, 1.165) is 29.9 Å². The molecule has 1 heterocycles. The second-order valence-corrected chi connectivity index (χ2v) is 4.56. The molecule has 1 aromatic carbocycles. The van der Waals surface area contributed by atoms with Crippen LogP contribution in [0.3, 0.4) is 0 Å². The Hall–Kier alpha value is -1.36. The summed E-state index contributed by atoms with van der Waals surface area (Å²) in [6, 6.07) is 7.36. The van der Waals surface area contributed by atoms with Crippen molar-refractivity contribution in [1.29, 1.82) is 0 Å². The van der Waals surface area contributed by atoms with Crippen LogP contribution in [0.25, 0.3) is 0 Å². The Morgan fingerprint density at radius 2 is 2.20 bits per heavy atom. The summed E-state index contributed by atoms with van der Waals surface area (Å²) in [5.74, 6) is 0. The topological polar surface area (TPSA) is 70.6 Å². The molecule has 1 saturated heterocycles. The van der Waals surface area contributed by atoms with Crippen molar-refractivity contribution >= 4 is 23.0 Å². The van der Waals surface area contributed by atoms with Gasteiger partial charge in [0.15, 0.2) is 0 Å². The van der Waals surface area contributed by atoms with Crippen molar-refractivity contribution in [3.63, 3.8) is 0 Å². The van der Waals surface area contributed by atoms with Gasteiger partial charge in [-0.25, -0.2) is 0 Å². The number of halogens is 1. The predicted octanol–water partition coefficient (Wildman–Crippen LogP) is 2.64. The fraction of sp³-hybridized carbons (Fsp3) is 0.400. The highest BCUT2D eigenvalue weighted by molar-refractivity contribution is 6.30. The maximum Gasteiger partial charge on any atom is 0.0828 e. The fourth-order valence-electron chi connectivity index (χ4n) is 1.92. The number of aliphatic hydroxyl groups excluding tert-OH is 1. The standard InChI is InChI=1S/C13H16ClN3O.C2H6/c14-9-2-1-3-10(6-9)17-13-7-16-5-4-11(13)12(15)8-18;1-2/h1-3,6,16,18H,4-5,7-8,15H2;1-2H3/b12-11-,17-13?;. The number of hydrogen-bond donors (Lipinski definition) is 3. The highest BCUT2D eigenvalue weighted by atomic mass is 35.5. The summed E-state index contributed by atoms with van der Waals surface area (Å²) in [5.41, 5.74) is 8.92. The third-order valence-electron chi connectivity index (χ3n) is 2.82. The van der Waals surface area contributed by atoms with Crippen molar-refractivity contribution < 1.29 is 5.11 Å². The molecule has 1 aliphatic heterocycles. The minimum atomic E-state index is -0.135. The number of hydrogen-bond acceptors (Lipinski definition) is 4. The average Bonchev–Trinajstić information content (AvgIpc) is 2.49. The minimum Gasteiger partial charge on any atom is -0.400 e. The Morgan fingerprint density at radius 3 is 2.85 bits per heavy atom. The van der Waals surface area contributed by atoms with E-state index >= 15 is 0 Å². The van der Waals surface area contributed by atoms with Crippen LogP contribution in [0.5, 0.6) is 0 Å². The lowest BCUT2D eigenvalue weighted by Crippen LogP contribution is -2.34. The van der Waals surface area contributed by atoms with Crippen LogP contribution in [0.2, 0.25) is 5.02 Å². The third-order valence-corrected chi connectivity index (χ3v) is 3.06. The largest absolute Gasteiger partial charge is 0.400 e. The molecular formula is C15H22ClN3O. The molecule has 0 aromatic heterocycles. The van der Waals surface area contributed by atoms with Gasteiger partial charge in [-0.15, -0.1) is 0 Å². The molecule has 0 unspecified atom stereocenters. The molecule has 2 rings (SSSR count). The fourth-order valence-corrected chi connectivity index (χ4v) is 2.11. The van der Waals surface area contributed by atoms with E-state index in [1.807, 2.05) is 32.0 Å². The smallest absolute Gasteiger partial charge is 0.0828 e. The first-order valence-electron chi connectivity index (χ1n) is 6.83. The monoisotopic (exact) mass is 295 g/mol. The van der Waals surface area contributed by atoms with E-state index in [-0.39, 0.29) is 6.61 Å². The van der Waals surface area contributed by atoms with Crippen molar-refractivity contribution in [2.24, 2.45) is 10.7 Å². The molecule has 0 amide bonds. The van der Waals surface area contributed by atoms with Gasteiger partial charge >= 0.3 is 0 Å². The molecule has 4 nitrogen and oxygen atoms in total. The molecule has 0 spiro atoms. The third kappa shape index (κ3) is 4.63. The number of nitrogens with zero attached hydrogens (tertiary/aromatic N) is 1. The Morgan fingerprint density at radius 1 is 1.45 bits per heavy atom. The number of rotatable bonds is 2. The number of aliphatic hydroxyl groups is 1. The lowest BCUT2D eigenvalue weighted by molar-refractivity contribution is 0.328. The van der Waals surface area contributed by atoms with E-state index in [1.165, 1.54) is 0 Å². The second-order valence-electron chi connectivity index (χ2n) is 4.13. The lowest BCUT2D eigenvalue weighted by atomic mass is 10.0. The van der Waals surface area contributed by atoms with Crippen LogP contribution in [0.4, 0.5) is 5.69 Å². The summed E-state index contributed by atoms with van der Waals surface area (Å²) in [7, 11) is 0. The minimum absolute atomic E-state index is 0.135. The first-order chi connectivity index (χ1) is 9.70. The van der Waals surface area contributed by atoms with Gasteiger partial charge in [0, 0.05) is 17.3 Å². The van der Waals surface area contributed by atoms with Crippen molar-refractivity contribution in [1.82, 2.24) is 5.32 Å². The summed E-state index contributed by atoms with van der Waals surface area (Å²) < 4.78 is 0. The summed E-state index contributed by atoms with van der Waals surface area (Å²) >= 11 is 5.93. The van der Waals surface area contributed by atoms with Crippen LogP contribution >= 0.6 is 11.6 Å². The van der Waals surface area contributed by atoms with Crippen LogP contribution in [0, 0.1) is 0 Å². The number of nitrogens with two attached hydrogens (primary N) is 1. The lowest BCUT2D eigenvalue weighted by Gasteiger charge is -2.20. The van der Waals surface area contributed by atoms with Gasteiger partial charge in [-0.1, -0.05) is 31.5 Å². The summed E-state index contributed by atoms with van der Waals surface area (Å²) in [4.78, 5) is 4.55. The number of benzene rings is 1. The molecule has 0 saturated carbocycles. The van der Waals surface area contributed by atoms with Gasteiger partial charge in [0.2, 0.25) is 0 Å². The van der Waals surface area contributed by atoms with Crippen LogP contribution in [0.1, 0.15) is 20.3 Å². The molecule has 110 valence electrons.